The molecule has 0 fully saturated rings. The van der Waals surface area contributed by atoms with Gasteiger partial charge < -0.3 is 14.6 Å². The first-order chi connectivity index (χ1) is 9.70. The maximum atomic E-state index is 10.4. The van der Waals surface area contributed by atoms with Crippen LogP contribution in [0.15, 0.2) is 36.7 Å². The maximum absolute atomic E-state index is 10.4. The summed E-state index contributed by atoms with van der Waals surface area (Å²) in [5.74, 6) is 0.738. The molecule has 0 saturated carbocycles. The Bertz CT molecular complexity index is 584. The monoisotopic (exact) mass is 274 g/mol. The maximum Gasteiger partial charge on any atom is 0.306 e. The van der Waals surface area contributed by atoms with Gasteiger partial charge in [-0.2, -0.15) is 0 Å². The van der Waals surface area contributed by atoms with Crippen molar-refractivity contribution in [2.24, 2.45) is 0 Å². The molecule has 0 amide bonds. The van der Waals surface area contributed by atoms with Crippen molar-refractivity contribution >= 4 is 5.97 Å². The first-order valence-electron chi connectivity index (χ1n) is 6.00. The highest BCUT2D eigenvalue weighted by atomic mass is 16.5. The average Bonchev–Trinajstić information content (AvgIpc) is 2.47. The van der Waals surface area contributed by atoms with Crippen molar-refractivity contribution in [2.45, 2.75) is 6.42 Å². The van der Waals surface area contributed by atoms with Gasteiger partial charge in [-0.3, -0.25) is 4.79 Å². The number of aromatic nitrogens is 2. The Morgan fingerprint density at radius 2 is 1.95 bits per heavy atom. The molecule has 104 valence electrons. The van der Waals surface area contributed by atoms with Gasteiger partial charge in [-0.1, -0.05) is 12.1 Å². The molecule has 0 aliphatic carbocycles. The molecule has 0 bridgehead atoms. The van der Waals surface area contributed by atoms with E-state index >= 15 is 0 Å². The van der Waals surface area contributed by atoms with E-state index in [1.54, 1.807) is 7.11 Å². The lowest BCUT2D eigenvalue weighted by atomic mass is 10.2. The third-order valence-corrected chi connectivity index (χ3v) is 2.56. The van der Waals surface area contributed by atoms with Crippen molar-refractivity contribution in [1.82, 2.24) is 9.97 Å². The third kappa shape index (κ3) is 3.44. The van der Waals surface area contributed by atoms with E-state index in [9.17, 15) is 4.79 Å². The van der Waals surface area contributed by atoms with Gasteiger partial charge in [-0.05, 0) is 12.1 Å². The number of carboxylic acids is 1. The molecule has 0 saturated heterocycles. The minimum Gasteiger partial charge on any atom is -0.496 e. The molecule has 1 N–H and O–H groups in total. The van der Waals surface area contributed by atoms with Gasteiger partial charge in [0.05, 0.1) is 38.1 Å². The SMILES string of the molecule is COc1ccccc1-c1ncc(OCCC(=O)O)cn1. The zero-order valence-electron chi connectivity index (χ0n) is 10.9. The molecular weight excluding hydrogens is 260 g/mol. The number of aliphatic carboxylic acids is 1. The van der Waals surface area contributed by atoms with Gasteiger partial charge in [0.25, 0.3) is 0 Å². The number of ether oxygens (including phenoxy) is 2. The minimum atomic E-state index is -0.906. The molecular formula is C14H14N2O4. The number of para-hydroxylation sites is 1. The van der Waals surface area contributed by atoms with Gasteiger partial charge in [-0.15, -0.1) is 0 Å². The van der Waals surface area contributed by atoms with Crippen LogP contribution in [0.25, 0.3) is 11.4 Å². The Labute approximate surface area is 116 Å². The van der Waals surface area contributed by atoms with Crippen LogP contribution in [0.2, 0.25) is 0 Å². The number of nitrogens with zero attached hydrogens (tertiary/aromatic N) is 2. The molecule has 0 unspecified atom stereocenters. The Morgan fingerprint density at radius 1 is 1.25 bits per heavy atom. The number of rotatable bonds is 6. The van der Waals surface area contributed by atoms with Crippen molar-refractivity contribution in [3.63, 3.8) is 0 Å². The van der Waals surface area contributed by atoms with Crippen molar-refractivity contribution in [2.75, 3.05) is 13.7 Å². The Morgan fingerprint density at radius 3 is 2.60 bits per heavy atom. The molecule has 0 atom stereocenters. The van der Waals surface area contributed by atoms with Crippen molar-refractivity contribution in [3.8, 4) is 22.9 Å². The number of methoxy groups -OCH3 is 1. The van der Waals surface area contributed by atoms with E-state index in [1.165, 1.54) is 12.4 Å². The predicted octanol–water partition coefficient (Wildman–Crippen LogP) is 2.01. The smallest absolute Gasteiger partial charge is 0.306 e. The van der Waals surface area contributed by atoms with Crippen LogP contribution in [0.5, 0.6) is 11.5 Å². The molecule has 0 aliphatic rings. The Hall–Kier alpha value is -2.63. The second kappa shape index (κ2) is 6.51. The molecule has 0 aliphatic heterocycles. The number of carbonyl (C=O) groups is 1. The van der Waals surface area contributed by atoms with E-state index < -0.39 is 5.97 Å². The average molecular weight is 274 g/mol. The topological polar surface area (TPSA) is 81.5 Å². The molecule has 1 aromatic carbocycles. The molecule has 1 heterocycles. The van der Waals surface area contributed by atoms with E-state index in [0.717, 1.165) is 5.56 Å². The minimum absolute atomic E-state index is 0.0613. The summed E-state index contributed by atoms with van der Waals surface area (Å²) in [5, 5.41) is 8.52. The van der Waals surface area contributed by atoms with Crippen LogP contribution in [-0.4, -0.2) is 34.8 Å². The largest absolute Gasteiger partial charge is 0.496 e. The zero-order chi connectivity index (χ0) is 14.4. The molecule has 6 nitrogen and oxygen atoms in total. The number of carboxylic acid groups (broad SMARTS) is 1. The second-order valence-electron chi connectivity index (χ2n) is 3.93. The van der Waals surface area contributed by atoms with Crippen LogP contribution in [0.3, 0.4) is 0 Å². The van der Waals surface area contributed by atoms with Crippen LogP contribution in [0.4, 0.5) is 0 Å². The fraction of sp³-hybridized carbons (Fsp3) is 0.214. The first kappa shape index (κ1) is 13.8. The van der Waals surface area contributed by atoms with Crippen LogP contribution >= 0.6 is 0 Å². The van der Waals surface area contributed by atoms with E-state index in [1.807, 2.05) is 24.3 Å². The van der Waals surface area contributed by atoms with Crippen LogP contribution in [0.1, 0.15) is 6.42 Å². The van der Waals surface area contributed by atoms with Gasteiger partial charge in [-0.25, -0.2) is 9.97 Å². The predicted molar refractivity (Wildman–Crippen MR) is 71.8 cm³/mol. The molecule has 2 rings (SSSR count). The molecule has 0 spiro atoms. The van der Waals surface area contributed by atoms with Crippen molar-refractivity contribution in [3.05, 3.63) is 36.7 Å². The summed E-state index contributed by atoms with van der Waals surface area (Å²) in [6.45, 7) is 0.0900. The summed E-state index contributed by atoms with van der Waals surface area (Å²) in [7, 11) is 1.59. The molecule has 2 aromatic rings. The number of benzene rings is 1. The van der Waals surface area contributed by atoms with E-state index in [4.69, 9.17) is 14.6 Å². The van der Waals surface area contributed by atoms with Crippen molar-refractivity contribution < 1.29 is 19.4 Å². The van der Waals surface area contributed by atoms with E-state index in [2.05, 4.69) is 9.97 Å². The van der Waals surface area contributed by atoms with Crippen LogP contribution in [0, 0.1) is 0 Å². The van der Waals surface area contributed by atoms with Crippen LogP contribution in [-0.2, 0) is 4.79 Å². The standard InChI is InChI=1S/C14H14N2O4/c1-19-12-5-3-2-4-11(12)14-15-8-10(9-16-14)20-7-6-13(17)18/h2-5,8-9H,6-7H2,1H3,(H,17,18). The number of hydrogen-bond acceptors (Lipinski definition) is 5. The van der Waals surface area contributed by atoms with Gasteiger partial charge in [0.15, 0.2) is 11.6 Å². The van der Waals surface area contributed by atoms with Gasteiger partial charge in [0.2, 0.25) is 0 Å². The second-order valence-corrected chi connectivity index (χ2v) is 3.93. The van der Waals surface area contributed by atoms with E-state index in [-0.39, 0.29) is 13.0 Å². The summed E-state index contributed by atoms with van der Waals surface area (Å²) < 4.78 is 10.5. The first-order valence-corrected chi connectivity index (χ1v) is 6.00. The highest BCUT2D eigenvalue weighted by Gasteiger charge is 2.08. The summed E-state index contributed by atoms with van der Waals surface area (Å²) >= 11 is 0. The van der Waals surface area contributed by atoms with Gasteiger partial charge in [0, 0.05) is 0 Å². The Balaban J connectivity index is 2.09. The zero-order valence-corrected chi connectivity index (χ0v) is 10.9. The normalized spacial score (nSPS) is 10.1. The molecule has 6 heteroatoms. The molecule has 1 aromatic heterocycles. The quantitative estimate of drug-likeness (QED) is 0.867. The third-order valence-electron chi connectivity index (χ3n) is 2.56. The highest BCUT2D eigenvalue weighted by molar-refractivity contribution is 5.66. The molecule has 20 heavy (non-hydrogen) atoms. The summed E-state index contributed by atoms with van der Waals surface area (Å²) in [6.07, 6.45) is 2.96. The Kier molecular flexibility index (Phi) is 4.49. The fourth-order valence-corrected chi connectivity index (χ4v) is 1.62. The lowest BCUT2D eigenvalue weighted by Gasteiger charge is -2.07. The summed E-state index contributed by atoms with van der Waals surface area (Å²) in [5.41, 5.74) is 0.784. The molecule has 0 radical (unpaired) electrons. The van der Waals surface area contributed by atoms with Crippen molar-refractivity contribution in [1.29, 1.82) is 0 Å². The fourth-order valence-electron chi connectivity index (χ4n) is 1.62. The summed E-state index contributed by atoms with van der Waals surface area (Å²) in [4.78, 5) is 18.8. The van der Waals surface area contributed by atoms with Crippen LogP contribution < -0.4 is 9.47 Å². The lowest BCUT2D eigenvalue weighted by molar-refractivity contribution is -0.137. The van der Waals surface area contributed by atoms with Gasteiger partial charge in [0.1, 0.15) is 5.75 Å². The van der Waals surface area contributed by atoms with Gasteiger partial charge >= 0.3 is 5.97 Å². The highest BCUT2D eigenvalue weighted by Crippen LogP contribution is 2.26. The summed E-state index contributed by atoms with van der Waals surface area (Å²) in [6, 6.07) is 7.43. The lowest BCUT2D eigenvalue weighted by Crippen LogP contribution is -2.05. The van der Waals surface area contributed by atoms with E-state index in [0.29, 0.717) is 17.3 Å². The number of hydrogen-bond donors (Lipinski definition) is 1.